The number of Topliss-reactive ketones (excluding diaryl/α,β-unsaturated/α-hetero) is 1. The second-order valence-electron chi connectivity index (χ2n) is 2.32. The lowest BCUT2D eigenvalue weighted by Gasteiger charge is -2.04. The monoisotopic (exact) mass is 203 g/mol. The maximum Gasteiger partial charge on any atom is 0.181 e. The van der Waals surface area contributed by atoms with Crippen LogP contribution >= 0.6 is 12.4 Å². The van der Waals surface area contributed by atoms with Crippen molar-refractivity contribution in [1.82, 2.24) is 5.23 Å². The lowest BCUT2D eigenvalue weighted by molar-refractivity contribution is -0.298. The summed E-state index contributed by atoms with van der Waals surface area (Å²) in [5, 5.41) is 16.6. The number of carbonyl (C=O) groups excluding carboxylic acids is 1. The Kier molecular flexibility index (Phi) is 5.25. The maximum absolute atomic E-state index is 11.1. The first-order valence-corrected chi connectivity index (χ1v) is 3.43. The van der Waals surface area contributed by atoms with Crippen molar-refractivity contribution >= 4 is 18.2 Å². The van der Waals surface area contributed by atoms with Crippen LogP contribution in [0.1, 0.15) is 10.4 Å². The second kappa shape index (κ2) is 5.66. The van der Waals surface area contributed by atoms with E-state index >= 15 is 0 Å². The molecule has 1 aromatic carbocycles. The standard InChI is InChI=1S/C8H9NO3.ClH/c10-8(6-9(11)12)7-4-2-1-3-5-7;/h1-5,11-12H,6H2;1H. The van der Waals surface area contributed by atoms with E-state index in [0.29, 0.717) is 5.56 Å². The maximum atomic E-state index is 11.1. The molecule has 0 bridgehead atoms. The van der Waals surface area contributed by atoms with Gasteiger partial charge < -0.3 is 0 Å². The second-order valence-corrected chi connectivity index (χ2v) is 2.32. The van der Waals surface area contributed by atoms with Crippen molar-refractivity contribution in [3.8, 4) is 0 Å². The van der Waals surface area contributed by atoms with Crippen molar-refractivity contribution in [2.75, 3.05) is 6.54 Å². The van der Waals surface area contributed by atoms with Crippen LogP contribution in [-0.4, -0.2) is 28.0 Å². The Balaban J connectivity index is 0.00000144. The molecule has 0 saturated heterocycles. The Morgan fingerprint density at radius 2 is 1.77 bits per heavy atom. The zero-order valence-corrected chi connectivity index (χ0v) is 7.57. The zero-order valence-electron chi connectivity index (χ0n) is 6.75. The van der Waals surface area contributed by atoms with E-state index in [1.165, 1.54) is 0 Å². The van der Waals surface area contributed by atoms with Crippen LogP contribution in [0.25, 0.3) is 0 Å². The molecule has 1 rings (SSSR count). The van der Waals surface area contributed by atoms with Gasteiger partial charge in [-0.1, -0.05) is 35.6 Å². The largest absolute Gasteiger partial charge is 0.293 e. The fourth-order valence-corrected chi connectivity index (χ4v) is 0.844. The first-order chi connectivity index (χ1) is 5.70. The van der Waals surface area contributed by atoms with Crippen molar-refractivity contribution in [2.45, 2.75) is 0 Å². The van der Waals surface area contributed by atoms with Gasteiger partial charge in [0.25, 0.3) is 0 Å². The van der Waals surface area contributed by atoms with Gasteiger partial charge in [0.2, 0.25) is 0 Å². The summed E-state index contributed by atoms with van der Waals surface area (Å²) >= 11 is 0. The van der Waals surface area contributed by atoms with E-state index in [-0.39, 0.29) is 23.4 Å². The molecule has 0 unspecified atom stereocenters. The van der Waals surface area contributed by atoms with Gasteiger partial charge in [-0.05, 0) is 0 Å². The van der Waals surface area contributed by atoms with Gasteiger partial charge in [0.1, 0.15) is 6.54 Å². The highest BCUT2D eigenvalue weighted by atomic mass is 35.5. The Bertz CT molecular complexity index is 263. The van der Waals surface area contributed by atoms with E-state index in [9.17, 15) is 4.79 Å². The molecule has 0 aromatic heterocycles. The van der Waals surface area contributed by atoms with Crippen LogP contribution in [0.2, 0.25) is 0 Å². The number of hydrogen-bond donors (Lipinski definition) is 2. The number of ketones is 1. The highest BCUT2D eigenvalue weighted by Gasteiger charge is 2.07. The van der Waals surface area contributed by atoms with E-state index < -0.39 is 6.54 Å². The minimum absolute atomic E-state index is 0. The molecule has 0 spiro atoms. The van der Waals surface area contributed by atoms with E-state index in [1.54, 1.807) is 30.3 Å². The Hall–Kier alpha value is -0.940. The quantitative estimate of drug-likeness (QED) is 0.576. The molecule has 13 heavy (non-hydrogen) atoms. The van der Waals surface area contributed by atoms with Gasteiger partial charge in [0.05, 0.1) is 0 Å². The SMILES string of the molecule is Cl.O=C(CN(O)O)c1ccccc1. The average molecular weight is 204 g/mol. The molecule has 0 radical (unpaired) electrons. The number of nitrogens with zero attached hydrogens (tertiary/aromatic N) is 1. The molecule has 0 aliphatic heterocycles. The van der Waals surface area contributed by atoms with Crippen molar-refractivity contribution in [3.63, 3.8) is 0 Å². The average Bonchev–Trinajstić information content (AvgIpc) is 2.05. The summed E-state index contributed by atoms with van der Waals surface area (Å²) in [7, 11) is 0. The fraction of sp³-hybridized carbons (Fsp3) is 0.125. The van der Waals surface area contributed by atoms with E-state index in [1.807, 2.05) is 0 Å². The molecule has 72 valence electrons. The van der Waals surface area contributed by atoms with Crippen molar-refractivity contribution in [2.24, 2.45) is 0 Å². The van der Waals surface area contributed by atoms with Gasteiger partial charge in [-0.2, -0.15) is 0 Å². The molecule has 0 heterocycles. The van der Waals surface area contributed by atoms with Gasteiger partial charge in [0, 0.05) is 5.56 Å². The number of benzene rings is 1. The molecule has 0 amide bonds. The fourth-order valence-electron chi connectivity index (χ4n) is 0.844. The Morgan fingerprint density at radius 3 is 2.23 bits per heavy atom. The lowest BCUT2D eigenvalue weighted by atomic mass is 10.1. The third-order valence-corrected chi connectivity index (χ3v) is 1.38. The predicted octanol–water partition coefficient (Wildman–Crippen LogP) is 1.37. The van der Waals surface area contributed by atoms with Crippen LogP contribution in [0.15, 0.2) is 30.3 Å². The third kappa shape index (κ3) is 4.00. The zero-order chi connectivity index (χ0) is 8.97. The summed E-state index contributed by atoms with van der Waals surface area (Å²) in [4.78, 5) is 11.1. The number of carbonyl (C=O) groups is 1. The molecule has 0 aliphatic rings. The van der Waals surface area contributed by atoms with Gasteiger partial charge in [0.15, 0.2) is 5.78 Å². The van der Waals surface area contributed by atoms with Crippen LogP contribution < -0.4 is 0 Å². The summed E-state index contributed by atoms with van der Waals surface area (Å²) in [5.74, 6) is -0.333. The summed E-state index contributed by atoms with van der Waals surface area (Å²) in [5.41, 5.74) is 0.464. The first kappa shape index (κ1) is 12.1. The molecule has 1 aromatic rings. The van der Waals surface area contributed by atoms with E-state index in [2.05, 4.69) is 0 Å². The molecule has 0 fully saturated rings. The smallest absolute Gasteiger partial charge is 0.181 e. The summed E-state index contributed by atoms with van der Waals surface area (Å²) in [6.07, 6.45) is 0. The van der Waals surface area contributed by atoms with Crippen LogP contribution in [-0.2, 0) is 0 Å². The molecule has 0 saturated carbocycles. The van der Waals surface area contributed by atoms with Gasteiger partial charge in [-0.25, -0.2) is 0 Å². The molecule has 2 N–H and O–H groups in total. The first-order valence-electron chi connectivity index (χ1n) is 3.43. The number of hydrogen-bond acceptors (Lipinski definition) is 4. The van der Waals surface area contributed by atoms with Crippen LogP contribution in [0, 0.1) is 0 Å². The van der Waals surface area contributed by atoms with Crippen LogP contribution in [0.5, 0.6) is 0 Å². The number of halogens is 1. The molecular weight excluding hydrogens is 194 g/mol. The third-order valence-electron chi connectivity index (χ3n) is 1.38. The van der Waals surface area contributed by atoms with Gasteiger partial charge in [-0.3, -0.25) is 15.2 Å². The van der Waals surface area contributed by atoms with Crippen molar-refractivity contribution < 1.29 is 15.2 Å². The topological polar surface area (TPSA) is 60.8 Å². The summed E-state index contributed by atoms with van der Waals surface area (Å²) < 4.78 is 0. The summed E-state index contributed by atoms with van der Waals surface area (Å²) in [6.45, 7) is -0.413. The number of hydroxylamine groups is 2. The lowest BCUT2D eigenvalue weighted by Crippen LogP contribution is -2.22. The van der Waals surface area contributed by atoms with Crippen LogP contribution in [0.3, 0.4) is 0 Å². The van der Waals surface area contributed by atoms with Crippen molar-refractivity contribution in [1.29, 1.82) is 0 Å². The highest BCUT2D eigenvalue weighted by Crippen LogP contribution is 1.99. The molecular formula is C8H10ClNO3. The molecule has 0 atom stereocenters. The summed E-state index contributed by atoms with van der Waals surface area (Å²) in [6, 6.07) is 8.45. The van der Waals surface area contributed by atoms with Crippen LogP contribution in [0.4, 0.5) is 0 Å². The van der Waals surface area contributed by atoms with E-state index in [0.717, 1.165) is 0 Å². The van der Waals surface area contributed by atoms with E-state index in [4.69, 9.17) is 10.4 Å². The minimum Gasteiger partial charge on any atom is -0.293 e. The predicted molar refractivity (Wildman–Crippen MR) is 48.3 cm³/mol. The van der Waals surface area contributed by atoms with Gasteiger partial charge in [-0.15, -0.1) is 12.4 Å². The normalized spacial score (nSPS) is 9.46. The Morgan fingerprint density at radius 1 is 1.23 bits per heavy atom. The Labute approximate surface area is 81.7 Å². The molecule has 5 heteroatoms. The minimum atomic E-state index is -0.413. The molecule has 4 nitrogen and oxygen atoms in total. The highest BCUT2D eigenvalue weighted by molar-refractivity contribution is 5.97. The van der Waals surface area contributed by atoms with Gasteiger partial charge >= 0.3 is 0 Å². The molecule has 0 aliphatic carbocycles. The number of rotatable bonds is 3. The van der Waals surface area contributed by atoms with Crippen molar-refractivity contribution in [3.05, 3.63) is 35.9 Å².